The van der Waals surface area contributed by atoms with Crippen LogP contribution in [0.4, 0.5) is 11.4 Å². The van der Waals surface area contributed by atoms with Crippen molar-refractivity contribution >= 4 is 23.2 Å². The lowest BCUT2D eigenvalue weighted by Crippen LogP contribution is -2.29. The van der Waals surface area contributed by atoms with Gasteiger partial charge in [0.1, 0.15) is 0 Å². The van der Waals surface area contributed by atoms with Crippen LogP contribution in [0.5, 0.6) is 0 Å². The monoisotopic (exact) mass is 363 g/mol. The van der Waals surface area contributed by atoms with E-state index in [4.69, 9.17) is 0 Å². The molecule has 2 amide bonds. The number of benzene rings is 2. The molecule has 1 aliphatic heterocycles. The number of nitrogens with zero attached hydrogens (tertiary/aromatic N) is 1. The molecular weight excluding hydrogens is 338 g/mol. The maximum atomic E-state index is 12.5. The van der Waals surface area contributed by atoms with E-state index in [1.807, 2.05) is 24.3 Å². The summed E-state index contributed by atoms with van der Waals surface area (Å²) >= 11 is 0. The molecule has 0 aromatic heterocycles. The van der Waals surface area contributed by atoms with Crippen molar-refractivity contribution in [2.45, 2.75) is 19.3 Å². The van der Waals surface area contributed by atoms with E-state index >= 15 is 0 Å². The van der Waals surface area contributed by atoms with Crippen molar-refractivity contribution in [3.63, 3.8) is 0 Å². The van der Waals surface area contributed by atoms with Gasteiger partial charge in [-0.05, 0) is 61.7 Å². The van der Waals surface area contributed by atoms with Gasteiger partial charge in [0.05, 0.1) is 0 Å². The Bertz CT molecular complexity index is 809. The van der Waals surface area contributed by atoms with Crippen molar-refractivity contribution in [1.82, 2.24) is 5.32 Å². The quantitative estimate of drug-likeness (QED) is 0.767. The van der Waals surface area contributed by atoms with Crippen LogP contribution in [0.15, 0.2) is 61.2 Å². The van der Waals surface area contributed by atoms with E-state index < -0.39 is 0 Å². The molecule has 1 aliphatic rings. The number of piperidine rings is 1. The molecule has 5 nitrogen and oxygen atoms in total. The van der Waals surface area contributed by atoms with Gasteiger partial charge in [-0.1, -0.05) is 12.1 Å². The summed E-state index contributed by atoms with van der Waals surface area (Å²) in [4.78, 5) is 26.9. The smallest absolute Gasteiger partial charge is 0.255 e. The first-order valence-electron chi connectivity index (χ1n) is 9.33. The molecule has 0 unspecified atom stereocenters. The fraction of sp³-hybridized carbons (Fsp3) is 0.273. The van der Waals surface area contributed by atoms with E-state index in [1.165, 1.54) is 24.9 Å². The van der Waals surface area contributed by atoms with E-state index in [0.717, 1.165) is 18.8 Å². The van der Waals surface area contributed by atoms with Gasteiger partial charge in [-0.3, -0.25) is 9.59 Å². The lowest BCUT2D eigenvalue weighted by atomic mass is 10.1. The molecule has 5 heteroatoms. The Balaban J connectivity index is 1.64. The molecule has 27 heavy (non-hydrogen) atoms. The van der Waals surface area contributed by atoms with Gasteiger partial charge in [0.25, 0.3) is 11.8 Å². The van der Waals surface area contributed by atoms with Crippen LogP contribution < -0.4 is 15.5 Å². The largest absolute Gasteiger partial charge is 0.372 e. The lowest BCUT2D eigenvalue weighted by molar-refractivity contribution is 0.0958. The third-order valence-corrected chi connectivity index (χ3v) is 4.64. The minimum absolute atomic E-state index is 0.226. The second-order valence-electron chi connectivity index (χ2n) is 6.63. The number of rotatable bonds is 6. The van der Waals surface area contributed by atoms with Crippen LogP contribution in [0.1, 0.15) is 40.0 Å². The molecule has 2 aromatic rings. The summed E-state index contributed by atoms with van der Waals surface area (Å²) in [7, 11) is 0. The van der Waals surface area contributed by atoms with Gasteiger partial charge in [0.15, 0.2) is 0 Å². The van der Waals surface area contributed by atoms with Gasteiger partial charge in [-0.25, -0.2) is 0 Å². The normalized spacial score (nSPS) is 13.7. The van der Waals surface area contributed by atoms with Crippen LogP contribution in [0, 0.1) is 0 Å². The summed E-state index contributed by atoms with van der Waals surface area (Å²) in [5, 5.41) is 5.60. The van der Waals surface area contributed by atoms with Crippen LogP contribution in [0.2, 0.25) is 0 Å². The van der Waals surface area contributed by atoms with Crippen molar-refractivity contribution in [2.75, 3.05) is 29.9 Å². The molecule has 3 rings (SSSR count). The lowest BCUT2D eigenvalue weighted by Gasteiger charge is -2.28. The van der Waals surface area contributed by atoms with Crippen LogP contribution in [-0.4, -0.2) is 31.4 Å². The molecule has 2 N–H and O–H groups in total. The van der Waals surface area contributed by atoms with Gasteiger partial charge in [0, 0.05) is 42.1 Å². The van der Waals surface area contributed by atoms with Crippen LogP contribution >= 0.6 is 0 Å². The van der Waals surface area contributed by atoms with Crippen molar-refractivity contribution < 1.29 is 9.59 Å². The first-order valence-corrected chi connectivity index (χ1v) is 9.33. The number of carbonyl (C=O) groups excluding carboxylic acids is 2. The summed E-state index contributed by atoms with van der Waals surface area (Å²) in [5.74, 6) is -0.463. The minimum atomic E-state index is -0.237. The highest BCUT2D eigenvalue weighted by Crippen LogP contribution is 2.22. The van der Waals surface area contributed by atoms with Crippen LogP contribution in [-0.2, 0) is 0 Å². The van der Waals surface area contributed by atoms with Crippen molar-refractivity contribution in [2.24, 2.45) is 0 Å². The standard InChI is InChI=1S/C22H25N3O2/c1-2-13-23-21(26)17-7-6-8-18(16-17)22(27)24-19-9-11-20(12-10-19)25-14-4-3-5-15-25/h2,6-12,16H,1,3-5,13-15H2,(H,23,26)(H,24,27). The van der Waals surface area contributed by atoms with Gasteiger partial charge < -0.3 is 15.5 Å². The molecular formula is C22H25N3O2. The number of amides is 2. The SMILES string of the molecule is C=CCNC(=O)c1cccc(C(=O)Nc2ccc(N3CCCCC3)cc2)c1. The Hall–Kier alpha value is -3.08. The predicted molar refractivity (Wildman–Crippen MR) is 109 cm³/mol. The topological polar surface area (TPSA) is 61.4 Å². The van der Waals surface area contributed by atoms with E-state index in [1.54, 1.807) is 30.3 Å². The average Bonchev–Trinajstić information content (AvgIpc) is 2.73. The highest BCUT2D eigenvalue weighted by atomic mass is 16.2. The molecule has 0 bridgehead atoms. The summed E-state index contributed by atoms with van der Waals surface area (Å²) in [6, 6.07) is 14.6. The molecule has 1 saturated heterocycles. The zero-order chi connectivity index (χ0) is 19.1. The van der Waals surface area contributed by atoms with E-state index in [9.17, 15) is 9.59 Å². The molecule has 0 spiro atoms. The van der Waals surface area contributed by atoms with Gasteiger partial charge in [-0.2, -0.15) is 0 Å². The maximum Gasteiger partial charge on any atom is 0.255 e. The minimum Gasteiger partial charge on any atom is -0.372 e. The molecule has 0 aliphatic carbocycles. The highest BCUT2D eigenvalue weighted by Gasteiger charge is 2.12. The van der Waals surface area contributed by atoms with Gasteiger partial charge in [-0.15, -0.1) is 6.58 Å². The zero-order valence-electron chi connectivity index (χ0n) is 15.4. The molecule has 0 saturated carbocycles. The molecule has 0 radical (unpaired) electrons. The number of nitrogens with one attached hydrogen (secondary N) is 2. The first-order chi connectivity index (χ1) is 13.2. The van der Waals surface area contributed by atoms with E-state index in [0.29, 0.717) is 17.7 Å². The Kier molecular flexibility index (Phi) is 6.26. The van der Waals surface area contributed by atoms with Gasteiger partial charge >= 0.3 is 0 Å². The third-order valence-electron chi connectivity index (χ3n) is 4.64. The number of carbonyl (C=O) groups is 2. The average molecular weight is 363 g/mol. The van der Waals surface area contributed by atoms with E-state index in [-0.39, 0.29) is 11.8 Å². The Morgan fingerprint density at radius 3 is 2.30 bits per heavy atom. The Labute approximate surface area is 160 Å². The van der Waals surface area contributed by atoms with Crippen molar-refractivity contribution in [3.8, 4) is 0 Å². The molecule has 140 valence electrons. The van der Waals surface area contributed by atoms with Crippen LogP contribution in [0.3, 0.4) is 0 Å². The number of anilines is 2. The van der Waals surface area contributed by atoms with Gasteiger partial charge in [0.2, 0.25) is 0 Å². The van der Waals surface area contributed by atoms with Crippen molar-refractivity contribution in [1.29, 1.82) is 0 Å². The van der Waals surface area contributed by atoms with Crippen LogP contribution in [0.25, 0.3) is 0 Å². The predicted octanol–water partition coefficient (Wildman–Crippen LogP) is 3.85. The summed E-state index contributed by atoms with van der Waals surface area (Å²) in [6.07, 6.45) is 5.38. The molecule has 1 fully saturated rings. The maximum absolute atomic E-state index is 12.5. The second kappa shape index (κ2) is 9.03. The second-order valence-corrected chi connectivity index (χ2v) is 6.63. The molecule has 1 heterocycles. The summed E-state index contributed by atoms with van der Waals surface area (Å²) in [5.41, 5.74) is 2.82. The molecule has 0 atom stereocenters. The summed E-state index contributed by atoms with van der Waals surface area (Å²) < 4.78 is 0. The number of hydrogen-bond acceptors (Lipinski definition) is 3. The Morgan fingerprint density at radius 1 is 0.963 bits per heavy atom. The Morgan fingerprint density at radius 2 is 1.63 bits per heavy atom. The molecule has 2 aromatic carbocycles. The third kappa shape index (κ3) is 4.97. The van der Waals surface area contributed by atoms with Crippen molar-refractivity contribution in [3.05, 3.63) is 72.3 Å². The fourth-order valence-corrected chi connectivity index (χ4v) is 3.18. The summed E-state index contributed by atoms with van der Waals surface area (Å²) in [6.45, 7) is 6.14. The first kappa shape index (κ1) is 18.7. The highest BCUT2D eigenvalue weighted by molar-refractivity contribution is 6.06. The number of hydrogen-bond donors (Lipinski definition) is 2. The van der Waals surface area contributed by atoms with E-state index in [2.05, 4.69) is 22.1 Å². The fourth-order valence-electron chi connectivity index (χ4n) is 3.18. The zero-order valence-corrected chi connectivity index (χ0v) is 15.4.